The van der Waals surface area contributed by atoms with Gasteiger partial charge in [-0.2, -0.15) is 0 Å². The highest BCUT2D eigenvalue weighted by Crippen LogP contribution is 2.29. The number of nitrogens with zero attached hydrogens (tertiary/aromatic N) is 2. The molecule has 1 saturated heterocycles. The number of halogens is 1. The molecule has 4 heteroatoms. The Kier molecular flexibility index (Phi) is 6.06. The van der Waals surface area contributed by atoms with E-state index in [-0.39, 0.29) is 6.04 Å². The van der Waals surface area contributed by atoms with Crippen LogP contribution in [0.5, 0.6) is 0 Å². The van der Waals surface area contributed by atoms with Gasteiger partial charge < -0.3 is 4.90 Å². The number of rotatable bonds is 4. The van der Waals surface area contributed by atoms with Gasteiger partial charge in [0.15, 0.2) is 0 Å². The van der Waals surface area contributed by atoms with Crippen LogP contribution >= 0.6 is 23.8 Å². The molecule has 0 N–H and O–H groups in total. The fourth-order valence-corrected chi connectivity index (χ4v) is 4.29. The summed E-state index contributed by atoms with van der Waals surface area (Å²) in [5.74, 6) is 0. The summed E-state index contributed by atoms with van der Waals surface area (Å²) in [7, 11) is 0. The van der Waals surface area contributed by atoms with E-state index in [0.29, 0.717) is 0 Å². The highest BCUT2D eigenvalue weighted by atomic mass is 35.5. The van der Waals surface area contributed by atoms with E-state index in [4.69, 9.17) is 23.8 Å². The van der Waals surface area contributed by atoms with Gasteiger partial charge in [0.05, 0.1) is 6.04 Å². The molecule has 3 aromatic rings. The van der Waals surface area contributed by atoms with Crippen molar-refractivity contribution in [1.82, 2.24) is 9.80 Å². The van der Waals surface area contributed by atoms with Crippen LogP contribution in [0, 0.1) is 0 Å². The molecule has 0 saturated carbocycles. The van der Waals surface area contributed by atoms with Crippen molar-refractivity contribution in [2.75, 3.05) is 26.2 Å². The van der Waals surface area contributed by atoms with Crippen LogP contribution in [-0.2, 0) is 0 Å². The van der Waals surface area contributed by atoms with Gasteiger partial charge in [0, 0.05) is 36.8 Å². The fraction of sp³-hybridized carbons (Fsp3) is 0.208. The van der Waals surface area contributed by atoms with Crippen LogP contribution in [0.2, 0.25) is 5.02 Å². The van der Waals surface area contributed by atoms with E-state index in [1.54, 1.807) is 0 Å². The molecule has 0 aliphatic carbocycles. The minimum Gasteiger partial charge on any atom is -0.360 e. The van der Waals surface area contributed by atoms with Gasteiger partial charge in [-0.15, -0.1) is 0 Å². The Morgan fingerprint density at radius 2 is 1.21 bits per heavy atom. The third kappa shape index (κ3) is 4.27. The topological polar surface area (TPSA) is 6.48 Å². The molecule has 0 atom stereocenters. The van der Waals surface area contributed by atoms with Crippen molar-refractivity contribution in [2.24, 2.45) is 0 Å². The summed E-state index contributed by atoms with van der Waals surface area (Å²) < 4.78 is 0. The quantitative estimate of drug-likeness (QED) is 0.534. The molecule has 142 valence electrons. The van der Waals surface area contributed by atoms with Crippen LogP contribution in [0.15, 0.2) is 84.9 Å². The average Bonchev–Trinajstić information content (AvgIpc) is 2.76. The lowest BCUT2D eigenvalue weighted by molar-refractivity contribution is 0.152. The lowest BCUT2D eigenvalue weighted by Gasteiger charge is -2.40. The Morgan fingerprint density at radius 3 is 1.71 bits per heavy atom. The first kappa shape index (κ1) is 19.1. The summed E-state index contributed by atoms with van der Waals surface area (Å²) in [4.78, 5) is 5.78. The largest absolute Gasteiger partial charge is 0.360 e. The molecule has 0 unspecified atom stereocenters. The zero-order valence-corrected chi connectivity index (χ0v) is 17.2. The number of thiocarbonyl (C=S) groups is 1. The van der Waals surface area contributed by atoms with Crippen LogP contribution < -0.4 is 0 Å². The van der Waals surface area contributed by atoms with Crippen molar-refractivity contribution in [3.05, 3.63) is 107 Å². The first-order valence-corrected chi connectivity index (χ1v) is 10.4. The maximum atomic E-state index is 6.01. The Bertz CT molecular complexity index is 865. The number of hydrogen-bond donors (Lipinski definition) is 0. The molecule has 1 fully saturated rings. The Hall–Kier alpha value is -2.20. The van der Waals surface area contributed by atoms with E-state index >= 15 is 0 Å². The van der Waals surface area contributed by atoms with Crippen molar-refractivity contribution >= 4 is 28.8 Å². The van der Waals surface area contributed by atoms with Gasteiger partial charge in [0.25, 0.3) is 0 Å². The average molecular weight is 407 g/mol. The van der Waals surface area contributed by atoms with Crippen molar-refractivity contribution in [2.45, 2.75) is 6.04 Å². The van der Waals surface area contributed by atoms with E-state index in [0.717, 1.165) is 41.8 Å². The molecule has 0 radical (unpaired) electrons. The van der Waals surface area contributed by atoms with Gasteiger partial charge >= 0.3 is 0 Å². The molecule has 1 heterocycles. The third-order valence-corrected chi connectivity index (χ3v) is 6.03. The van der Waals surface area contributed by atoms with Gasteiger partial charge in [-0.25, -0.2) is 0 Å². The predicted molar refractivity (Wildman–Crippen MR) is 121 cm³/mol. The van der Waals surface area contributed by atoms with Crippen molar-refractivity contribution < 1.29 is 0 Å². The summed E-state index contributed by atoms with van der Waals surface area (Å²) in [6, 6.07) is 29.6. The maximum Gasteiger partial charge on any atom is 0.109 e. The summed E-state index contributed by atoms with van der Waals surface area (Å²) in [5, 5.41) is 0.741. The molecule has 0 amide bonds. The summed E-state index contributed by atoms with van der Waals surface area (Å²) in [6.07, 6.45) is 0. The molecule has 2 nitrogen and oxygen atoms in total. The normalized spacial score (nSPS) is 15.0. The minimum absolute atomic E-state index is 0.272. The molecule has 4 rings (SSSR count). The van der Waals surface area contributed by atoms with E-state index < -0.39 is 0 Å². The lowest BCUT2D eigenvalue weighted by Crippen LogP contribution is -2.49. The van der Waals surface area contributed by atoms with E-state index in [1.807, 2.05) is 24.3 Å². The minimum atomic E-state index is 0.272. The van der Waals surface area contributed by atoms with Crippen LogP contribution in [-0.4, -0.2) is 41.0 Å². The standard InChI is InChI=1S/C24H23ClN2S/c25-22-13-11-21(12-14-22)24(28)27-17-15-26(16-18-27)23(19-7-3-1-4-8-19)20-9-5-2-6-10-20/h1-14,23H,15-18H2. The van der Waals surface area contributed by atoms with Crippen LogP contribution in [0.25, 0.3) is 0 Å². The summed E-state index contributed by atoms with van der Waals surface area (Å²) >= 11 is 11.7. The fourth-order valence-electron chi connectivity index (χ4n) is 3.84. The zero-order chi connectivity index (χ0) is 19.3. The van der Waals surface area contributed by atoms with Gasteiger partial charge in [-0.05, 0) is 23.3 Å². The predicted octanol–water partition coefficient (Wildman–Crippen LogP) is 5.42. The molecular weight excluding hydrogens is 384 g/mol. The van der Waals surface area contributed by atoms with Crippen LogP contribution in [0.3, 0.4) is 0 Å². The Morgan fingerprint density at radius 1 is 0.714 bits per heavy atom. The summed E-state index contributed by atoms with van der Waals surface area (Å²) in [5.41, 5.74) is 3.74. The molecule has 3 aromatic carbocycles. The number of benzene rings is 3. The summed E-state index contributed by atoms with van der Waals surface area (Å²) in [6.45, 7) is 3.81. The highest BCUT2D eigenvalue weighted by Gasteiger charge is 2.27. The highest BCUT2D eigenvalue weighted by molar-refractivity contribution is 7.80. The molecular formula is C24H23ClN2S. The molecule has 1 aliphatic heterocycles. The number of piperazine rings is 1. The first-order chi connectivity index (χ1) is 13.7. The van der Waals surface area contributed by atoms with Crippen molar-refractivity contribution in [1.29, 1.82) is 0 Å². The Labute approximate surface area is 177 Å². The van der Waals surface area contributed by atoms with Crippen molar-refractivity contribution in [3.8, 4) is 0 Å². The van der Waals surface area contributed by atoms with E-state index in [2.05, 4.69) is 70.5 Å². The van der Waals surface area contributed by atoms with E-state index in [9.17, 15) is 0 Å². The second-order valence-electron chi connectivity index (χ2n) is 7.06. The molecule has 1 aliphatic rings. The second kappa shape index (κ2) is 8.87. The number of hydrogen-bond acceptors (Lipinski definition) is 2. The molecule has 0 spiro atoms. The lowest BCUT2D eigenvalue weighted by atomic mass is 9.96. The van der Waals surface area contributed by atoms with Gasteiger partial charge in [-0.1, -0.05) is 96.6 Å². The first-order valence-electron chi connectivity index (χ1n) is 9.61. The van der Waals surface area contributed by atoms with Gasteiger partial charge in [0.2, 0.25) is 0 Å². The van der Waals surface area contributed by atoms with Gasteiger partial charge in [0.1, 0.15) is 4.99 Å². The van der Waals surface area contributed by atoms with Crippen LogP contribution in [0.1, 0.15) is 22.7 Å². The van der Waals surface area contributed by atoms with E-state index in [1.165, 1.54) is 11.1 Å². The molecule has 0 bridgehead atoms. The smallest absolute Gasteiger partial charge is 0.109 e. The third-order valence-electron chi connectivity index (χ3n) is 5.29. The molecule has 28 heavy (non-hydrogen) atoms. The monoisotopic (exact) mass is 406 g/mol. The van der Waals surface area contributed by atoms with Crippen LogP contribution in [0.4, 0.5) is 0 Å². The second-order valence-corrected chi connectivity index (χ2v) is 7.88. The zero-order valence-electron chi connectivity index (χ0n) is 15.7. The SMILES string of the molecule is S=C(c1ccc(Cl)cc1)N1CCN(C(c2ccccc2)c2ccccc2)CC1. The van der Waals surface area contributed by atoms with Crippen molar-refractivity contribution in [3.63, 3.8) is 0 Å². The van der Waals surface area contributed by atoms with Gasteiger partial charge in [-0.3, -0.25) is 4.90 Å². The molecule has 0 aromatic heterocycles. The Balaban J connectivity index is 1.50. The maximum absolute atomic E-state index is 6.01.